The molecule has 80 valence electrons. The first-order valence-corrected chi connectivity index (χ1v) is 5.43. The first-order chi connectivity index (χ1) is 7.25. The van der Waals surface area contributed by atoms with E-state index in [1.165, 1.54) is 6.07 Å². The standard InChI is InChI=1S/C12H13F2N/c13-11-2-1-9-8-3-7(5-15-6-8)4-10(9)12(11)14/h1-2,7-8,15H,3-6H2. The second-order valence-electron chi connectivity index (χ2n) is 4.59. The predicted octanol–water partition coefficient (Wildman–Crippen LogP) is 2.21. The summed E-state index contributed by atoms with van der Waals surface area (Å²) in [5.41, 5.74) is 1.63. The van der Waals surface area contributed by atoms with Crippen LogP contribution in [0.25, 0.3) is 0 Å². The number of piperidine rings is 1. The van der Waals surface area contributed by atoms with Crippen molar-refractivity contribution < 1.29 is 8.78 Å². The molecule has 1 aromatic carbocycles. The third-order valence-corrected chi connectivity index (χ3v) is 3.61. The van der Waals surface area contributed by atoms with Gasteiger partial charge in [0.1, 0.15) is 0 Å². The highest BCUT2D eigenvalue weighted by Gasteiger charge is 2.32. The molecule has 1 nitrogen and oxygen atoms in total. The molecular weight excluding hydrogens is 196 g/mol. The summed E-state index contributed by atoms with van der Waals surface area (Å²) in [5, 5.41) is 3.35. The Kier molecular flexibility index (Phi) is 2.02. The van der Waals surface area contributed by atoms with Gasteiger partial charge in [-0.1, -0.05) is 6.07 Å². The molecule has 3 rings (SSSR count). The molecule has 1 aromatic rings. The Morgan fingerprint density at radius 2 is 2.07 bits per heavy atom. The van der Waals surface area contributed by atoms with Crippen LogP contribution in [-0.2, 0) is 6.42 Å². The number of benzene rings is 1. The molecule has 1 saturated heterocycles. The van der Waals surface area contributed by atoms with Crippen molar-refractivity contribution in [3.05, 3.63) is 34.9 Å². The molecule has 0 amide bonds. The summed E-state index contributed by atoms with van der Waals surface area (Å²) in [6.07, 6.45) is 1.80. The van der Waals surface area contributed by atoms with Crippen LogP contribution in [0.2, 0.25) is 0 Å². The second-order valence-corrected chi connectivity index (χ2v) is 4.59. The molecule has 2 aliphatic rings. The molecule has 1 N–H and O–H groups in total. The van der Waals surface area contributed by atoms with E-state index in [2.05, 4.69) is 5.32 Å². The van der Waals surface area contributed by atoms with Crippen LogP contribution < -0.4 is 5.32 Å². The lowest BCUT2D eigenvalue weighted by molar-refractivity contribution is 0.310. The molecule has 0 spiro atoms. The molecule has 15 heavy (non-hydrogen) atoms. The average molecular weight is 209 g/mol. The minimum atomic E-state index is -0.707. The van der Waals surface area contributed by atoms with Gasteiger partial charge in [0.2, 0.25) is 0 Å². The number of hydrogen-bond acceptors (Lipinski definition) is 1. The van der Waals surface area contributed by atoms with Gasteiger partial charge in [-0.3, -0.25) is 0 Å². The fourth-order valence-electron chi connectivity index (χ4n) is 2.91. The maximum atomic E-state index is 13.6. The van der Waals surface area contributed by atoms with Gasteiger partial charge < -0.3 is 5.32 Å². The summed E-state index contributed by atoms with van der Waals surface area (Å²) in [5.74, 6) is -0.471. The van der Waals surface area contributed by atoms with E-state index in [9.17, 15) is 8.78 Å². The molecule has 1 fully saturated rings. The first kappa shape index (κ1) is 9.28. The van der Waals surface area contributed by atoms with Crippen molar-refractivity contribution in [1.82, 2.24) is 5.32 Å². The Balaban J connectivity index is 2.12. The minimum absolute atomic E-state index is 0.377. The number of rotatable bonds is 0. The van der Waals surface area contributed by atoms with Crippen molar-refractivity contribution in [1.29, 1.82) is 0 Å². The van der Waals surface area contributed by atoms with E-state index in [0.29, 0.717) is 23.8 Å². The van der Waals surface area contributed by atoms with Gasteiger partial charge in [-0.25, -0.2) is 8.78 Å². The molecule has 2 bridgehead atoms. The molecule has 0 radical (unpaired) electrons. The molecule has 2 atom stereocenters. The lowest BCUT2D eigenvalue weighted by Gasteiger charge is -2.36. The molecule has 1 heterocycles. The Morgan fingerprint density at radius 3 is 2.93 bits per heavy atom. The predicted molar refractivity (Wildman–Crippen MR) is 53.8 cm³/mol. The van der Waals surface area contributed by atoms with Crippen LogP contribution >= 0.6 is 0 Å². The van der Waals surface area contributed by atoms with Crippen LogP contribution in [0.5, 0.6) is 0 Å². The van der Waals surface area contributed by atoms with Crippen LogP contribution in [0.1, 0.15) is 23.5 Å². The van der Waals surface area contributed by atoms with Crippen LogP contribution in [0.15, 0.2) is 12.1 Å². The van der Waals surface area contributed by atoms with Gasteiger partial charge in [0.05, 0.1) is 0 Å². The van der Waals surface area contributed by atoms with E-state index in [0.717, 1.165) is 25.1 Å². The van der Waals surface area contributed by atoms with Crippen molar-refractivity contribution in [2.45, 2.75) is 18.8 Å². The van der Waals surface area contributed by atoms with Gasteiger partial charge in [0.15, 0.2) is 11.6 Å². The van der Waals surface area contributed by atoms with Crippen LogP contribution in [0.3, 0.4) is 0 Å². The van der Waals surface area contributed by atoms with E-state index in [-0.39, 0.29) is 0 Å². The van der Waals surface area contributed by atoms with E-state index in [4.69, 9.17) is 0 Å². The topological polar surface area (TPSA) is 12.0 Å². The van der Waals surface area contributed by atoms with Crippen molar-refractivity contribution in [2.75, 3.05) is 13.1 Å². The number of nitrogens with one attached hydrogen (secondary N) is 1. The smallest absolute Gasteiger partial charge is 0.162 e. The maximum absolute atomic E-state index is 13.6. The summed E-state index contributed by atoms with van der Waals surface area (Å²) >= 11 is 0. The largest absolute Gasteiger partial charge is 0.316 e. The molecule has 0 saturated carbocycles. The average Bonchev–Trinajstić information content (AvgIpc) is 2.25. The zero-order chi connectivity index (χ0) is 10.4. The molecule has 2 unspecified atom stereocenters. The summed E-state index contributed by atoms with van der Waals surface area (Å²) < 4.78 is 26.7. The van der Waals surface area contributed by atoms with Crippen LogP contribution in [0, 0.1) is 17.6 Å². The highest BCUT2D eigenvalue weighted by atomic mass is 19.2. The van der Waals surface area contributed by atoms with E-state index < -0.39 is 11.6 Å². The maximum Gasteiger partial charge on any atom is 0.162 e. The lowest BCUT2D eigenvalue weighted by Crippen LogP contribution is -2.39. The highest BCUT2D eigenvalue weighted by Crippen LogP contribution is 2.38. The van der Waals surface area contributed by atoms with Gasteiger partial charge in [-0.05, 0) is 48.4 Å². The monoisotopic (exact) mass is 209 g/mol. The van der Waals surface area contributed by atoms with Gasteiger partial charge in [-0.15, -0.1) is 0 Å². The molecular formula is C12H13F2N. The SMILES string of the molecule is Fc1ccc2c(c1F)CC1CNCC2C1. The third kappa shape index (κ3) is 1.37. The third-order valence-electron chi connectivity index (χ3n) is 3.61. The van der Waals surface area contributed by atoms with Gasteiger partial charge in [-0.2, -0.15) is 0 Å². The van der Waals surface area contributed by atoms with Gasteiger partial charge in [0, 0.05) is 6.54 Å². The van der Waals surface area contributed by atoms with E-state index in [1.54, 1.807) is 6.07 Å². The van der Waals surface area contributed by atoms with Crippen molar-refractivity contribution in [3.8, 4) is 0 Å². The quantitative estimate of drug-likeness (QED) is 0.690. The number of halogens is 2. The molecule has 3 heteroatoms. The zero-order valence-corrected chi connectivity index (χ0v) is 8.39. The fourth-order valence-corrected chi connectivity index (χ4v) is 2.91. The molecule has 1 aliphatic heterocycles. The Morgan fingerprint density at radius 1 is 1.20 bits per heavy atom. The van der Waals surface area contributed by atoms with E-state index >= 15 is 0 Å². The van der Waals surface area contributed by atoms with E-state index in [1.807, 2.05) is 0 Å². The van der Waals surface area contributed by atoms with Gasteiger partial charge >= 0.3 is 0 Å². The summed E-state index contributed by atoms with van der Waals surface area (Å²) in [6, 6.07) is 3.00. The first-order valence-electron chi connectivity index (χ1n) is 5.43. The normalized spacial score (nSPS) is 28.7. The van der Waals surface area contributed by atoms with Crippen molar-refractivity contribution >= 4 is 0 Å². The second kappa shape index (κ2) is 3.27. The minimum Gasteiger partial charge on any atom is -0.316 e. The fraction of sp³-hybridized carbons (Fsp3) is 0.500. The lowest BCUT2D eigenvalue weighted by atomic mass is 9.74. The summed E-state index contributed by atoms with van der Waals surface area (Å²) in [6.45, 7) is 1.83. The molecule has 1 aliphatic carbocycles. The Bertz CT molecular complexity index is 403. The van der Waals surface area contributed by atoms with Crippen LogP contribution in [-0.4, -0.2) is 13.1 Å². The summed E-state index contributed by atoms with van der Waals surface area (Å²) in [4.78, 5) is 0. The Labute approximate surface area is 87.5 Å². The van der Waals surface area contributed by atoms with Crippen molar-refractivity contribution in [2.24, 2.45) is 5.92 Å². The van der Waals surface area contributed by atoms with Crippen LogP contribution in [0.4, 0.5) is 8.78 Å². The Hall–Kier alpha value is -0.960. The number of fused-ring (bicyclic) bond motifs is 4. The highest BCUT2D eigenvalue weighted by molar-refractivity contribution is 5.36. The molecule has 0 aromatic heterocycles. The zero-order valence-electron chi connectivity index (χ0n) is 8.39. The summed E-state index contributed by atoms with van der Waals surface area (Å²) in [7, 11) is 0. The van der Waals surface area contributed by atoms with Gasteiger partial charge in [0.25, 0.3) is 0 Å². The number of hydrogen-bond donors (Lipinski definition) is 1. The van der Waals surface area contributed by atoms with Crippen molar-refractivity contribution in [3.63, 3.8) is 0 Å².